The Hall–Kier alpha value is -2.14. The number of rotatable bonds is 1. The molecule has 25 heavy (non-hydrogen) atoms. The molecule has 2 atom stereocenters. The fraction of sp³-hybridized carbons (Fsp3) is 0.500. The van der Waals surface area contributed by atoms with E-state index in [1.165, 1.54) is 36.0 Å². The van der Waals surface area contributed by atoms with Gasteiger partial charge in [-0.2, -0.15) is 4.98 Å². The quantitative estimate of drug-likeness (QED) is 0.838. The van der Waals surface area contributed by atoms with Crippen LogP contribution >= 0.6 is 0 Å². The van der Waals surface area contributed by atoms with E-state index in [-0.39, 0.29) is 0 Å². The molecule has 5 heteroatoms. The molecule has 0 spiro atoms. The summed E-state index contributed by atoms with van der Waals surface area (Å²) >= 11 is 0. The zero-order chi connectivity index (χ0) is 16.8. The number of benzene rings is 1. The van der Waals surface area contributed by atoms with Gasteiger partial charge >= 0.3 is 0 Å². The minimum atomic E-state index is 0.401. The largest absolute Gasteiger partial charge is 0.368 e. The van der Waals surface area contributed by atoms with Crippen LogP contribution in [0.2, 0.25) is 0 Å². The average molecular weight is 335 g/mol. The highest BCUT2D eigenvalue weighted by molar-refractivity contribution is 5.74. The van der Waals surface area contributed by atoms with E-state index in [9.17, 15) is 0 Å². The second-order valence-corrected chi connectivity index (χ2v) is 7.50. The van der Waals surface area contributed by atoms with Gasteiger partial charge in [-0.25, -0.2) is 4.98 Å². The highest BCUT2D eigenvalue weighted by Gasteiger charge is 2.37. The van der Waals surface area contributed by atoms with Crippen molar-refractivity contribution in [2.24, 2.45) is 0 Å². The Morgan fingerprint density at radius 2 is 2.00 bits per heavy atom. The van der Waals surface area contributed by atoms with Crippen molar-refractivity contribution >= 4 is 11.8 Å². The van der Waals surface area contributed by atoms with Crippen LogP contribution in [0.25, 0.3) is 11.3 Å². The van der Waals surface area contributed by atoms with E-state index in [2.05, 4.69) is 39.5 Å². The van der Waals surface area contributed by atoms with Crippen molar-refractivity contribution in [3.63, 3.8) is 0 Å². The summed E-state index contributed by atoms with van der Waals surface area (Å²) in [6.07, 6.45) is 7.08. The van der Waals surface area contributed by atoms with Gasteiger partial charge in [-0.05, 0) is 44.1 Å². The first-order chi connectivity index (χ1) is 12.3. The third kappa shape index (κ3) is 2.49. The molecule has 5 rings (SSSR count). The molecule has 2 aromatic rings. The van der Waals surface area contributed by atoms with Crippen LogP contribution in [0.3, 0.4) is 0 Å². The van der Waals surface area contributed by atoms with E-state index < -0.39 is 0 Å². The zero-order valence-corrected chi connectivity index (χ0v) is 14.5. The molecule has 1 aromatic carbocycles. The van der Waals surface area contributed by atoms with Gasteiger partial charge in [0.25, 0.3) is 0 Å². The number of anilines is 2. The van der Waals surface area contributed by atoms with Crippen LogP contribution in [-0.4, -0.2) is 35.1 Å². The summed E-state index contributed by atoms with van der Waals surface area (Å²) in [6, 6.07) is 9.77. The minimum absolute atomic E-state index is 0.401. The summed E-state index contributed by atoms with van der Waals surface area (Å²) < 4.78 is 0. The Kier molecular flexibility index (Phi) is 3.63. The van der Waals surface area contributed by atoms with Crippen LogP contribution in [0, 0.1) is 0 Å². The molecular formula is C20H25N5. The smallest absolute Gasteiger partial charge is 0.222 e. The van der Waals surface area contributed by atoms with Gasteiger partial charge in [0.2, 0.25) is 5.95 Å². The van der Waals surface area contributed by atoms with Gasteiger partial charge in [0.1, 0.15) is 5.82 Å². The number of aryl methyl sites for hydroxylation is 1. The van der Waals surface area contributed by atoms with Crippen molar-refractivity contribution in [2.45, 2.75) is 50.6 Å². The normalized spacial score (nSPS) is 25.0. The van der Waals surface area contributed by atoms with Crippen molar-refractivity contribution in [3.05, 3.63) is 35.4 Å². The predicted molar refractivity (Wildman–Crippen MR) is 101 cm³/mol. The van der Waals surface area contributed by atoms with E-state index in [0.717, 1.165) is 43.9 Å². The number of hydrogen-bond acceptors (Lipinski definition) is 5. The Morgan fingerprint density at radius 1 is 1.08 bits per heavy atom. The molecule has 130 valence electrons. The Morgan fingerprint density at radius 3 is 2.96 bits per heavy atom. The lowest BCUT2D eigenvalue weighted by Crippen LogP contribution is -2.56. The minimum Gasteiger partial charge on any atom is -0.368 e. The second kappa shape index (κ2) is 5.99. The molecule has 3 aliphatic rings. The Labute approximate surface area is 148 Å². The van der Waals surface area contributed by atoms with Crippen molar-refractivity contribution < 1.29 is 0 Å². The molecule has 2 aliphatic carbocycles. The van der Waals surface area contributed by atoms with Crippen molar-refractivity contribution in [1.29, 1.82) is 0 Å². The third-order valence-corrected chi connectivity index (χ3v) is 6.06. The van der Waals surface area contributed by atoms with Crippen molar-refractivity contribution in [3.8, 4) is 11.3 Å². The van der Waals surface area contributed by atoms with Gasteiger partial charge in [0, 0.05) is 36.3 Å². The molecule has 1 aliphatic heterocycles. The zero-order valence-electron chi connectivity index (χ0n) is 14.5. The van der Waals surface area contributed by atoms with E-state index in [4.69, 9.17) is 10.7 Å². The monoisotopic (exact) mass is 335 g/mol. The molecule has 1 aromatic heterocycles. The number of nitrogens with two attached hydrogens (primary N) is 1. The maximum absolute atomic E-state index is 6.17. The lowest BCUT2D eigenvalue weighted by atomic mass is 10.0. The topological polar surface area (TPSA) is 67.1 Å². The summed E-state index contributed by atoms with van der Waals surface area (Å²) in [6.45, 7) is 2.03. The maximum Gasteiger partial charge on any atom is 0.222 e. The fourth-order valence-corrected chi connectivity index (χ4v) is 4.96. The fourth-order valence-electron chi connectivity index (χ4n) is 4.96. The summed E-state index contributed by atoms with van der Waals surface area (Å²) in [7, 11) is 0. The van der Waals surface area contributed by atoms with E-state index >= 15 is 0 Å². The average Bonchev–Trinajstić information content (AvgIpc) is 3.04. The van der Waals surface area contributed by atoms with E-state index in [1.807, 2.05) is 0 Å². The van der Waals surface area contributed by atoms with Gasteiger partial charge in [0.15, 0.2) is 0 Å². The maximum atomic E-state index is 6.17. The van der Waals surface area contributed by atoms with Crippen LogP contribution in [0.4, 0.5) is 11.8 Å². The molecular weight excluding hydrogens is 310 g/mol. The first-order valence-electron chi connectivity index (χ1n) is 9.56. The summed E-state index contributed by atoms with van der Waals surface area (Å²) in [5.74, 6) is 1.50. The molecule has 2 heterocycles. The Bertz CT molecular complexity index is 803. The molecule has 0 amide bonds. The van der Waals surface area contributed by atoms with Crippen molar-refractivity contribution in [2.75, 3.05) is 23.7 Å². The highest BCUT2D eigenvalue weighted by Crippen LogP contribution is 2.38. The number of nitrogen functional groups attached to an aromatic ring is 1. The first kappa shape index (κ1) is 15.1. The van der Waals surface area contributed by atoms with Crippen LogP contribution in [0.5, 0.6) is 0 Å². The number of fused-ring (bicyclic) bond motifs is 4. The van der Waals surface area contributed by atoms with E-state index in [1.54, 1.807) is 0 Å². The van der Waals surface area contributed by atoms with E-state index in [0.29, 0.717) is 18.0 Å². The van der Waals surface area contributed by atoms with Crippen LogP contribution < -0.4 is 16.0 Å². The molecule has 5 nitrogen and oxygen atoms in total. The van der Waals surface area contributed by atoms with Crippen LogP contribution in [0.1, 0.15) is 36.8 Å². The number of piperazine rings is 1. The first-order valence-corrected chi connectivity index (χ1v) is 9.56. The van der Waals surface area contributed by atoms with Gasteiger partial charge in [-0.1, -0.05) is 24.3 Å². The summed E-state index contributed by atoms with van der Waals surface area (Å²) in [5, 5.41) is 3.69. The van der Waals surface area contributed by atoms with Gasteiger partial charge in [-0.15, -0.1) is 0 Å². The van der Waals surface area contributed by atoms with Gasteiger partial charge in [-0.3, -0.25) is 0 Å². The lowest BCUT2D eigenvalue weighted by Gasteiger charge is -2.40. The van der Waals surface area contributed by atoms with Gasteiger partial charge in [0.05, 0.1) is 5.69 Å². The SMILES string of the molecule is Nc1nc2c(c(N3CCNC4CCCC43)n1)CCCc1ccccc1-2. The van der Waals surface area contributed by atoms with Crippen molar-refractivity contribution in [1.82, 2.24) is 15.3 Å². The third-order valence-electron chi connectivity index (χ3n) is 6.06. The number of nitrogens with zero attached hydrogens (tertiary/aromatic N) is 3. The lowest BCUT2D eigenvalue weighted by molar-refractivity contribution is 0.401. The standard InChI is InChI=1S/C20H25N5/c21-20-23-18-14-7-2-1-5-13(14)6-3-8-15(18)19(24-20)25-12-11-22-16-9-4-10-17(16)25/h1-2,5,7,16-17,22H,3-4,6,8-12H2,(H2,21,23,24). The predicted octanol–water partition coefficient (Wildman–Crippen LogP) is 2.55. The number of hydrogen-bond donors (Lipinski definition) is 2. The molecule has 0 bridgehead atoms. The number of aromatic nitrogens is 2. The molecule has 0 radical (unpaired) electrons. The summed E-state index contributed by atoms with van der Waals surface area (Å²) in [4.78, 5) is 12.0. The molecule has 2 unspecified atom stereocenters. The van der Waals surface area contributed by atoms with Gasteiger partial charge < -0.3 is 16.0 Å². The second-order valence-electron chi connectivity index (χ2n) is 7.50. The van der Waals surface area contributed by atoms with Crippen LogP contribution in [0.15, 0.2) is 24.3 Å². The molecule has 1 saturated carbocycles. The summed E-state index contributed by atoms with van der Waals surface area (Å²) in [5.41, 5.74) is 11.1. The molecule has 1 saturated heterocycles. The molecule has 3 N–H and O–H groups in total. The molecule has 2 fully saturated rings. The van der Waals surface area contributed by atoms with Crippen LogP contribution in [-0.2, 0) is 12.8 Å². The highest BCUT2D eigenvalue weighted by atomic mass is 15.3. The number of nitrogens with one attached hydrogen (secondary N) is 1. The Balaban J connectivity index is 1.66.